The summed E-state index contributed by atoms with van der Waals surface area (Å²) in [6, 6.07) is 3.39. The molecule has 0 amide bonds. The van der Waals surface area contributed by atoms with Crippen molar-refractivity contribution >= 4 is 40.5 Å². The van der Waals surface area contributed by atoms with E-state index in [4.69, 9.17) is 34.8 Å². The topological polar surface area (TPSA) is 12.0 Å². The molecule has 16 heavy (non-hydrogen) atoms. The number of benzene rings is 1. The molecule has 0 aromatic heterocycles. The minimum Gasteiger partial charge on any atom is -0.383 e. The van der Waals surface area contributed by atoms with Gasteiger partial charge < -0.3 is 5.32 Å². The standard InChI is InChI=1S/C12H16Cl3N/c1-8(2)4-3-5-16-12-10(14)6-9(13)7-11(12)15/h6-8,16H,3-5H2,1-2H3. The lowest BCUT2D eigenvalue weighted by Gasteiger charge is -2.11. The highest BCUT2D eigenvalue weighted by Gasteiger charge is 2.06. The SMILES string of the molecule is CC(C)CCCNc1c(Cl)cc(Cl)cc1Cl. The fourth-order valence-corrected chi connectivity index (χ4v) is 2.39. The van der Waals surface area contributed by atoms with Gasteiger partial charge in [0.25, 0.3) is 0 Å². The fraction of sp³-hybridized carbons (Fsp3) is 0.500. The summed E-state index contributed by atoms with van der Waals surface area (Å²) in [5.74, 6) is 0.720. The third-order valence-electron chi connectivity index (χ3n) is 2.27. The molecule has 0 heterocycles. The number of halogens is 3. The Morgan fingerprint density at radius 2 is 1.69 bits per heavy atom. The van der Waals surface area contributed by atoms with Gasteiger partial charge in [-0.15, -0.1) is 0 Å². The van der Waals surface area contributed by atoms with Crippen LogP contribution >= 0.6 is 34.8 Å². The van der Waals surface area contributed by atoms with Crippen LogP contribution in [0.25, 0.3) is 0 Å². The molecular formula is C12H16Cl3N. The van der Waals surface area contributed by atoms with Crippen LogP contribution in [0.15, 0.2) is 12.1 Å². The van der Waals surface area contributed by atoms with Crippen molar-refractivity contribution in [3.8, 4) is 0 Å². The van der Waals surface area contributed by atoms with Crippen molar-refractivity contribution in [2.75, 3.05) is 11.9 Å². The molecule has 4 heteroatoms. The predicted octanol–water partition coefficient (Wildman–Crippen LogP) is 5.49. The van der Waals surface area contributed by atoms with E-state index >= 15 is 0 Å². The molecule has 0 spiro atoms. The third kappa shape index (κ3) is 4.40. The number of nitrogens with one attached hydrogen (secondary N) is 1. The quantitative estimate of drug-likeness (QED) is 0.703. The fourth-order valence-electron chi connectivity index (χ4n) is 1.43. The minimum atomic E-state index is 0.558. The van der Waals surface area contributed by atoms with Crippen LogP contribution in [0.4, 0.5) is 5.69 Å². The first kappa shape index (κ1) is 14.0. The van der Waals surface area contributed by atoms with E-state index in [1.807, 2.05) is 0 Å². The predicted molar refractivity (Wildman–Crippen MR) is 74.0 cm³/mol. The summed E-state index contributed by atoms with van der Waals surface area (Å²) in [7, 11) is 0. The lowest BCUT2D eigenvalue weighted by atomic mass is 10.1. The molecule has 90 valence electrons. The molecule has 0 atom stereocenters. The zero-order valence-corrected chi connectivity index (χ0v) is 11.8. The van der Waals surface area contributed by atoms with Gasteiger partial charge in [0.15, 0.2) is 0 Å². The van der Waals surface area contributed by atoms with Crippen molar-refractivity contribution in [2.24, 2.45) is 5.92 Å². The molecule has 1 N–H and O–H groups in total. The molecule has 0 bridgehead atoms. The van der Waals surface area contributed by atoms with Crippen molar-refractivity contribution < 1.29 is 0 Å². The molecule has 1 aromatic carbocycles. The molecule has 0 radical (unpaired) electrons. The van der Waals surface area contributed by atoms with Gasteiger partial charge in [0.2, 0.25) is 0 Å². The molecule has 0 aliphatic carbocycles. The number of hydrogen-bond acceptors (Lipinski definition) is 1. The van der Waals surface area contributed by atoms with Crippen LogP contribution in [-0.4, -0.2) is 6.54 Å². The lowest BCUT2D eigenvalue weighted by molar-refractivity contribution is 0.567. The Labute approximate surface area is 112 Å². The van der Waals surface area contributed by atoms with Gasteiger partial charge in [0.1, 0.15) is 0 Å². The molecule has 1 rings (SSSR count). The van der Waals surface area contributed by atoms with Gasteiger partial charge in [0, 0.05) is 11.6 Å². The first-order valence-corrected chi connectivity index (χ1v) is 6.52. The normalized spacial score (nSPS) is 10.9. The maximum absolute atomic E-state index is 6.04. The summed E-state index contributed by atoms with van der Waals surface area (Å²) in [6.45, 7) is 5.30. The number of anilines is 1. The van der Waals surface area contributed by atoms with Crippen molar-refractivity contribution in [3.05, 3.63) is 27.2 Å². The largest absolute Gasteiger partial charge is 0.383 e. The Hall–Kier alpha value is -0.110. The molecule has 0 saturated carbocycles. The molecule has 0 saturated heterocycles. The van der Waals surface area contributed by atoms with Crippen molar-refractivity contribution in [2.45, 2.75) is 26.7 Å². The van der Waals surface area contributed by atoms with Gasteiger partial charge >= 0.3 is 0 Å². The molecule has 0 unspecified atom stereocenters. The van der Waals surface area contributed by atoms with Crippen molar-refractivity contribution in [3.63, 3.8) is 0 Å². The van der Waals surface area contributed by atoms with E-state index in [2.05, 4.69) is 19.2 Å². The molecular weight excluding hydrogens is 264 g/mol. The lowest BCUT2D eigenvalue weighted by Crippen LogP contribution is -2.04. The summed E-state index contributed by atoms with van der Waals surface area (Å²) in [4.78, 5) is 0. The Morgan fingerprint density at radius 3 is 2.19 bits per heavy atom. The summed E-state index contributed by atoms with van der Waals surface area (Å²) < 4.78 is 0. The van der Waals surface area contributed by atoms with E-state index < -0.39 is 0 Å². The molecule has 1 nitrogen and oxygen atoms in total. The van der Waals surface area contributed by atoms with Crippen LogP contribution in [-0.2, 0) is 0 Å². The highest BCUT2D eigenvalue weighted by molar-refractivity contribution is 6.41. The van der Waals surface area contributed by atoms with Gasteiger partial charge in [-0.3, -0.25) is 0 Å². The van der Waals surface area contributed by atoms with E-state index in [0.717, 1.165) is 24.6 Å². The molecule has 0 fully saturated rings. The monoisotopic (exact) mass is 279 g/mol. The van der Waals surface area contributed by atoms with Crippen LogP contribution in [0.1, 0.15) is 26.7 Å². The third-order valence-corrected chi connectivity index (χ3v) is 3.08. The van der Waals surface area contributed by atoms with Crippen LogP contribution in [0, 0.1) is 5.92 Å². The van der Waals surface area contributed by atoms with Gasteiger partial charge in [-0.2, -0.15) is 0 Å². The summed E-state index contributed by atoms with van der Waals surface area (Å²) in [5.41, 5.74) is 0.775. The van der Waals surface area contributed by atoms with Gasteiger partial charge in [-0.25, -0.2) is 0 Å². The molecule has 0 aliphatic heterocycles. The van der Waals surface area contributed by atoms with Crippen molar-refractivity contribution in [1.82, 2.24) is 0 Å². The molecule has 0 aliphatic rings. The van der Waals surface area contributed by atoms with Crippen LogP contribution in [0.5, 0.6) is 0 Å². The van der Waals surface area contributed by atoms with E-state index in [0.29, 0.717) is 15.1 Å². The maximum Gasteiger partial charge on any atom is 0.0720 e. The zero-order chi connectivity index (χ0) is 12.1. The first-order chi connectivity index (χ1) is 7.50. The second kappa shape index (κ2) is 6.58. The number of rotatable bonds is 5. The average Bonchev–Trinajstić information content (AvgIpc) is 2.14. The highest BCUT2D eigenvalue weighted by Crippen LogP contribution is 2.33. The van der Waals surface area contributed by atoms with E-state index in [9.17, 15) is 0 Å². The number of hydrogen-bond donors (Lipinski definition) is 1. The minimum absolute atomic E-state index is 0.558. The van der Waals surface area contributed by atoms with E-state index in [-0.39, 0.29) is 0 Å². The summed E-state index contributed by atoms with van der Waals surface area (Å²) in [6.07, 6.45) is 2.29. The Balaban J connectivity index is 2.54. The average molecular weight is 281 g/mol. The second-order valence-electron chi connectivity index (χ2n) is 4.21. The van der Waals surface area contributed by atoms with Crippen LogP contribution in [0.3, 0.4) is 0 Å². The Morgan fingerprint density at radius 1 is 1.12 bits per heavy atom. The smallest absolute Gasteiger partial charge is 0.0720 e. The van der Waals surface area contributed by atoms with Gasteiger partial charge in [0.05, 0.1) is 15.7 Å². The van der Waals surface area contributed by atoms with Gasteiger partial charge in [-0.05, 0) is 30.9 Å². The molecule has 1 aromatic rings. The highest BCUT2D eigenvalue weighted by atomic mass is 35.5. The van der Waals surface area contributed by atoms with E-state index in [1.54, 1.807) is 12.1 Å². The van der Waals surface area contributed by atoms with Gasteiger partial charge in [-0.1, -0.05) is 48.7 Å². The summed E-state index contributed by atoms with van der Waals surface area (Å²) in [5, 5.41) is 4.94. The Bertz CT molecular complexity index is 327. The van der Waals surface area contributed by atoms with Crippen molar-refractivity contribution in [1.29, 1.82) is 0 Å². The maximum atomic E-state index is 6.04. The van der Waals surface area contributed by atoms with E-state index in [1.165, 1.54) is 6.42 Å². The summed E-state index contributed by atoms with van der Waals surface area (Å²) >= 11 is 17.9. The second-order valence-corrected chi connectivity index (χ2v) is 5.46. The van der Waals surface area contributed by atoms with Crippen LogP contribution in [0.2, 0.25) is 15.1 Å². The Kier molecular flexibility index (Phi) is 5.74. The first-order valence-electron chi connectivity index (χ1n) is 5.39. The zero-order valence-electron chi connectivity index (χ0n) is 9.49. The van der Waals surface area contributed by atoms with Crippen LogP contribution < -0.4 is 5.32 Å².